The van der Waals surface area contributed by atoms with Crippen LogP contribution in [0.2, 0.25) is 0 Å². The predicted octanol–water partition coefficient (Wildman–Crippen LogP) is 3.50. The number of anilines is 2. The predicted molar refractivity (Wildman–Crippen MR) is 111 cm³/mol. The molecule has 1 N–H and O–H groups in total. The molecule has 3 aromatic rings. The van der Waals surface area contributed by atoms with Crippen molar-refractivity contribution in [3.8, 4) is 0 Å². The number of nitrogens with zero attached hydrogens (tertiary/aromatic N) is 5. The van der Waals surface area contributed by atoms with Gasteiger partial charge in [0.1, 0.15) is 11.6 Å². The van der Waals surface area contributed by atoms with E-state index in [-0.39, 0.29) is 5.91 Å². The Balaban J connectivity index is 1.33. The summed E-state index contributed by atoms with van der Waals surface area (Å²) in [7, 11) is 0. The van der Waals surface area contributed by atoms with Gasteiger partial charge in [-0.3, -0.25) is 14.8 Å². The lowest BCUT2D eigenvalue weighted by atomic mass is 9.91. The summed E-state index contributed by atoms with van der Waals surface area (Å²) in [6.45, 7) is 1.63. The fourth-order valence-electron chi connectivity index (χ4n) is 3.72. The first-order valence-electron chi connectivity index (χ1n) is 9.95. The molecule has 4 heterocycles. The maximum absolute atomic E-state index is 12.7. The number of hydrogen-bond donors (Lipinski definition) is 1. The number of rotatable bonds is 6. The van der Waals surface area contributed by atoms with Crippen LogP contribution in [0.15, 0.2) is 61.4 Å². The number of pyridine rings is 2. The molecule has 1 atom stereocenters. The van der Waals surface area contributed by atoms with Crippen LogP contribution < -0.4 is 5.32 Å². The second kappa shape index (κ2) is 9.23. The van der Waals surface area contributed by atoms with E-state index in [1.807, 2.05) is 29.3 Å². The van der Waals surface area contributed by atoms with Crippen LogP contribution in [-0.2, 0) is 6.42 Å². The SMILES string of the molecule is O=C(c1cccnc1)N1CCC[C@@H](CCc2ccnc(Nc3cnccn3)c2)C1. The average molecular weight is 388 g/mol. The van der Waals surface area contributed by atoms with Gasteiger partial charge in [0.15, 0.2) is 0 Å². The Kier molecular flexibility index (Phi) is 6.04. The van der Waals surface area contributed by atoms with Crippen molar-refractivity contribution < 1.29 is 4.79 Å². The van der Waals surface area contributed by atoms with Gasteiger partial charge < -0.3 is 10.2 Å². The van der Waals surface area contributed by atoms with Gasteiger partial charge in [-0.15, -0.1) is 0 Å². The molecule has 1 fully saturated rings. The van der Waals surface area contributed by atoms with E-state index >= 15 is 0 Å². The van der Waals surface area contributed by atoms with Gasteiger partial charge >= 0.3 is 0 Å². The lowest BCUT2D eigenvalue weighted by Gasteiger charge is -2.33. The molecule has 7 heteroatoms. The van der Waals surface area contributed by atoms with Crippen LogP contribution in [0.5, 0.6) is 0 Å². The first-order valence-corrected chi connectivity index (χ1v) is 9.95. The van der Waals surface area contributed by atoms with Crippen LogP contribution in [0.4, 0.5) is 11.6 Å². The minimum absolute atomic E-state index is 0.0853. The molecule has 0 aliphatic carbocycles. The van der Waals surface area contributed by atoms with Crippen molar-refractivity contribution >= 4 is 17.5 Å². The van der Waals surface area contributed by atoms with Crippen LogP contribution in [0.1, 0.15) is 35.2 Å². The molecule has 0 spiro atoms. The van der Waals surface area contributed by atoms with Crippen molar-refractivity contribution in [2.75, 3.05) is 18.4 Å². The van der Waals surface area contributed by atoms with Crippen molar-refractivity contribution in [1.29, 1.82) is 0 Å². The zero-order valence-corrected chi connectivity index (χ0v) is 16.2. The number of aryl methyl sites for hydroxylation is 1. The largest absolute Gasteiger partial charge is 0.338 e. The van der Waals surface area contributed by atoms with Crippen molar-refractivity contribution in [3.05, 3.63) is 72.6 Å². The average Bonchev–Trinajstić information content (AvgIpc) is 2.79. The van der Waals surface area contributed by atoms with Gasteiger partial charge in [-0.1, -0.05) is 0 Å². The molecule has 1 aliphatic heterocycles. The van der Waals surface area contributed by atoms with Crippen LogP contribution in [0.25, 0.3) is 0 Å². The zero-order chi connectivity index (χ0) is 19.9. The van der Waals surface area contributed by atoms with E-state index in [0.29, 0.717) is 17.3 Å². The van der Waals surface area contributed by atoms with E-state index < -0.39 is 0 Å². The van der Waals surface area contributed by atoms with Gasteiger partial charge in [0.2, 0.25) is 0 Å². The Hall–Kier alpha value is -3.35. The van der Waals surface area contributed by atoms with E-state index in [2.05, 4.69) is 31.3 Å². The Morgan fingerprint density at radius 2 is 1.97 bits per heavy atom. The summed E-state index contributed by atoms with van der Waals surface area (Å²) in [5, 5.41) is 3.18. The van der Waals surface area contributed by atoms with Crippen LogP contribution in [0.3, 0.4) is 0 Å². The highest BCUT2D eigenvalue weighted by Crippen LogP contribution is 2.23. The van der Waals surface area contributed by atoms with Crippen molar-refractivity contribution in [1.82, 2.24) is 24.8 Å². The van der Waals surface area contributed by atoms with Gasteiger partial charge in [-0.2, -0.15) is 0 Å². The number of piperidine rings is 1. The second-order valence-electron chi connectivity index (χ2n) is 7.30. The lowest BCUT2D eigenvalue weighted by Crippen LogP contribution is -2.40. The summed E-state index contributed by atoms with van der Waals surface area (Å²) in [6, 6.07) is 7.74. The zero-order valence-electron chi connectivity index (χ0n) is 16.2. The molecule has 148 valence electrons. The third kappa shape index (κ3) is 5.13. The van der Waals surface area contributed by atoms with Gasteiger partial charge in [0.25, 0.3) is 5.91 Å². The second-order valence-corrected chi connectivity index (χ2v) is 7.30. The maximum atomic E-state index is 12.7. The Morgan fingerprint density at radius 3 is 2.79 bits per heavy atom. The van der Waals surface area contributed by atoms with Crippen molar-refractivity contribution in [2.24, 2.45) is 5.92 Å². The Labute approximate surface area is 170 Å². The van der Waals surface area contributed by atoms with Gasteiger partial charge in [0.05, 0.1) is 11.8 Å². The number of likely N-dealkylation sites (tertiary alicyclic amines) is 1. The summed E-state index contributed by atoms with van der Waals surface area (Å²) in [4.78, 5) is 31.4. The highest BCUT2D eigenvalue weighted by Gasteiger charge is 2.24. The van der Waals surface area contributed by atoms with E-state index in [1.165, 1.54) is 5.56 Å². The van der Waals surface area contributed by atoms with E-state index in [1.54, 1.807) is 31.0 Å². The van der Waals surface area contributed by atoms with Crippen LogP contribution >= 0.6 is 0 Å². The van der Waals surface area contributed by atoms with Crippen molar-refractivity contribution in [2.45, 2.75) is 25.7 Å². The topological polar surface area (TPSA) is 83.9 Å². The molecular formula is C22H24N6O. The first kappa shape index (κ1) is 19.0. The lowest BCUT2D eigenvalue weighted by molar-refractivity contribution is 0.0668. The van der Waals surface area contributed by atoms with Crippen LogP contribution in [0, 0.1) is 5.92 Å². The van der Waals surface area contributed by atoms with E-state index in [0.717, 1.165) is 44.6 Å². The summed E-state index contributed by atoms with van der Waals surface area (Å²) in [6.07, 6.45) is 14.3. The molecule has 0 saturated carbocycles. The maximum Gasteiger partial charge on any atom is 0.255 e. The molecule has 1 amide bonds. The number of nitrogens with one attached hydrogen (secondary N) is 1. The fraction of sp³-hybridized carbons (Fsp3) is 0.318. The molecule has 1 aliphatic rings. The number of aromatic nitrogens is 4. The van der Waals surface area contributed by atoms with Gasteiger partial charge in [-0.25, -0.2) is 9.97 Å². The molecule has 0 radical (unpaired) electrons. The number of hydrogen-bond acceptors (Lipinski definition) is 6. The third-order valence-corrected chi connectivity index (χ3v) is 5.20. The quantitative estimate of drug-likeness (QED) is 0.696. The van der Waals surface area contributed by atoms with E-state index in [4.69, 9.17) is 0 Å². The summed E-state index contributed by atoms with van der Waals surface area (Å²) in [5.74, 6) is 2.03. The molecule has 0 unspecified atom stereocenters. The summed E-state index contributed by atoms with van der Waals surface area (Å²) in [5.41, 5.74) is 1.89. The molecule has 7 nitrogen and oxygen atoms in total. The normalized spacial score (nSPS) is 16.4. The number of carbonyl (C=O) groups excluding carboxylic acids is 1. The highest BCUT2D eigenvalue weighted by atomic mass is 16.2. The molecule has 4 rings (SSSR count). The minimum Gasteiger partial charge on any atom is -0.338 e. The molecule has 0 aromatic carbocycles. The Morgan fingerprint density at radius 1 is 1.07 bits per heavy atom. The molecule has 3 aromatic heterocycles. The smallest absolute Gasteiger partial charge is 0.255 e. The summed E-state index contributed by atoms with van der Waals surface area (Å²) < 4.78 is 0. The minimum atomic E-state index is 0.0853. The summed E-state index contributed by atoms with van der Waals surface area (Å²) >= 11 is 0. The monoisotopic (exact) mass is 388 g/mol. The third-order valence-electron chi connectivity index (χ3n) is 5.20. The standard InChI is InChI=1S/C22H24N6O/c29-22(19-4-1-8-23-14-19)28-12-2-3-18(16-28)6-5-17-7-9-25-20(13-17)27-21-15-24-10-11-26-21/h1,4,7-11,13-15,18H,2-3,5-6,12,16H2,(H,25,26,27)/t18-/m0/s1. The van der Waals surface area contributed by atoms with Crippen molar-refractivity contribution in [3.63, 3.8) is 0 Å². The van der Waals surface area contributed by atoms with E-state index in [9.17, 15) is 4.79 Å². The van der Waals surface area contributed by atoms with Crippen LogP contribution in [-0.4, -0.2) is 43.8 Å². The molecule has 0 bridgehead atoms. The number of carbonyl (C=O) groups is 1. The highest BCUT2D eigenvalue weighted by molar-refractivity contribution is 5.93. The fourth-order valence-corrected chi connectivity index (χ4v) is 3.72. The van der Waals surface area contributed by atoms with Gasteiger partial charge in [-0.05, 0) is 61.4 Å². The number of amides is 1. The van der Waals surface area contributed by atoms with Gasteiger partial charge in [0, 0.05) is 44.1 Å². The molecule has 1 saturated heterocycles. The first-order chi connectivity index (χ1) is 14.3. The molecule has 29 heavy (non-hydrogen) atoms. The molecular weight excluding hydrogens is 364 g/mol. The Bertz CT molecular complexity index is 934.